The largest absolute Gasteiger partial charge is 0.493 e. The Kier molecular flexibility index (Phi) is 9.19. The van der Waals surface area contributed by atoms with Crippen molar-refractivity contribution in [2.45, 2.75) is 38.8 Å². The maximum Gasteiger partial charge on any atom is 0.328 e. The average molecular weight is 358 g/mol. The second-order valence-electron chi connectivity index (χ2n) is 5.40. The Morgan fingerprint density at radius 2 is 1.83 bits per heavy atom. The molecule has 1 aromatic carbocycles. The van der Waals surface area contributed by atoms with E-state index in [-0.39, 0.29) is 25.0 Å². The summed E-state index contributed by atoms with van der Waals surface area (Å²) in [5, 5.41) is 3.26. The van der Waals surface area contributed by atoms with Crippen LogP contribution >= 0.6 is 11.6 Å². The Bertz CT molecular complexity index is 518. The van der Waals surface area contributed by atoms with Crippen LogP contribution < -0.4 is 10.1 Å². The Labute approximate surface area is 147 Å². The van der Waals surface area contributed by atoms with Crippen LogP contribution in [0.1, 0.15) is 26.7 Å². The first-order valence-corrected chi connectivity index (χ1v) is 8.17. The van der Waals surface area contributed by atoms with Gasteiger partial charge in [0.25, 0.3) is 0 Å². The Balaban J connectivity index is 2.37. The van der Waals surface area contributed by atoms with Gasteiger partial charge in [-0.1, -0.05) is 11.6 Å². The maximum atomic E-state index is 12.0. The van der Waals surface area contributed by atoms with Gasteiger partial charge in [0.2, 0.25) is 5.91 Å². The van der Waals surface area contributed by atoms with E-state index in [1.165, 1.54) is 7.11 Å². The molecule has 6 nitrogen and oxygen atoms in total. The van der Waals surface area contributed by atoms with Crippen molar-refractivity contribution in [1.29, 1.82) is 0 Å². The number of halogens is 1. The lowest BCUT2D eigenvalue weighted by Gasteiger charge is -2.17. The van der Waals surface area contributed by atoms with E-state index in [0.29, 0.717) is 23.8 Å². The van der Waals surface area contributed by atoms with Crippen molar-refractivity contribution < 1.29 is 23.8 Å². The number of carbonyl (C=O) groups is 2. The van der Waals surface area contributed by atoms with Crippen LogP contribution in [0.3, 0.4) is 0 Å². The Hall–Kier alpha value is -1.79. The van der Waals surface area contributed by atoms with E-state index in [1.54, 1.807) is 24.3 Å². The van der Waals surface area contributed by atoms with Gasteiger partial charge in [0.1, 0.15) is 11.8 Å². The molecule has 1 rings (SSSR count). The van der Waals surface area contributed by atoms with E-state index in [0.717, 1.165) is 0 Å². The van der Waals surface area contributed by atoms with Crippen LogP contribution in [0.25, 0.3) is 0 Å². The Morgan fingerprint density at radius 3 is 2.42 bits per heavy atom. The quantitative estimate of drug-likeness (QED) is 0.651. The Morgan fingerprint density at radius 1 is 1.17 bits per heavy atom. The van der Waals surface area contributed by atoms with Crippen LogP contribution in [0.15, 0.2) is 24.3 Å². The zero-order chi connectivity index (χ0) is 17.9. The highest BCUT2D eigenvalue weighted by Crippen LogP contribution is 2.15. The topological polar surface area (TPSA) is 73.9 Å². The molecule has 1 unspecified atom stereocenters. The number of amides is 1. The number of rotatable bonds is 10. The molecule has 0 aliphatic rings. The minimum atomic E-state index is -0.725. The minimum absolute atomic E-state index is 0.0618. The molecule has 0 aliphatic carbocycles. The molecule has 0 fully saturated rings. The number of carbonyl (C=O) groups excluding carboxylic acids is 2. The van der Waals surface area contributed by atoms with Crippen molar-refractivity contribution in [2.75, 3.05) is 20.3 Å². The fraction of sp³-hybridized carbons (Fsp3) is 0.529. The number of benzene rings is 1. The van der Waals surface area contributed by atoms with E-state index < -0.39 is 12.0 Å². The molecule has 1 N–H and O–H groups in total. The highest BCUT2D eigenvalue weighted by Gasteiger charge is 2.21. The van der Waals surface area contributed by atoms with Crippen molar-refractivity contribution in [1.82, 2.24) is 5.32 Å². The summed E-state index contributed by atoms with van der Waals surface area (Å²) >= 11 is 5.78. The summed E-state index contributed by atoms with van der Waals surface area (Å²) in [5.74, 6) is -0.153. The first-order valence-electron chi connectivity index (χ1n) is 7.79. The van der Waals surface area contributed by atoms with E-state index in [9.17, 15) is 9.59 Å². The number of methoxy groups -OCH3 is 1. The molecule has 0 heterocycles. The van der Waals surface area contributed by atoms with Crippen LogP contribution in [0, 0.1) is 0 Å². The van der Waals surface area contributed by atoms with Crippen LogP contribution in [-0.2, 0) is 19.1 Å². The van der Waals surface area contributed by atoms with Crippen molar-refractivity contribution in [3.05, 3.63) is 29.3 Å². The lowest BCUT2D eigenvalue weighted by molar-refractivity contribution is -0.145. The van der Waals surface area contributed by atoms with Gasteiger partial charge < -0.3 is 19.5 Å². The molecule has 1 aromatic rings. The molecule has 0 aromatic heterocycles. The summed E-state index contributed by atoms with van der Waals surface area (Å²) in [5.41, 5.74) is 0. The number of nitrogens with one attached hydrogen (secondary N) is 1. The molecule has 0 radical (unpaired) electrons. The lowest BCUT2D eigenvalue weighted by Crippen LogP contribution is -2.42. The van der Waals surface area contributed by atoms with Crippen LogP contribution in [-0.4, -0.2) is 44.3 Å². The SMILES string of the molecule is COC(=O)C(CCOC(C)C)NC(=O)CCOc1ccc(Cl)cc1. The molecule has 0 saturated heterocycles. The molecule has 0 bridgehead atoms. The molecule has 7 heteroatoms. The highest BCUT2D eigenvalue weighted by atomic mass is 35.5. The third kappa shape index (κ3) is 8.17. The van der Waals surface area contributed by atoms with Crippen molar-refractivity contribution in [2.24, 2.45) is 0 Å². The van der Waals surface area contributed by atoms with Gasteiger partial charge in [0, 0.05) is 18.1 Å². The standard InChI is InChI=1S/C17H24ClNO5/c1-12(2)23-10-8-15(17(21)22-3)19-16(20)9-11-24-14-6-4-13(18)5-7-14/h4-7,12,15H,8-11H2,1-3H3,(H,19,20). The molecule has 134 valence electrons. The summed E-state index contributed by atoms with van der Waals surface area (Å²) in [6.07, 6.45) is 0.544. The van der Waals surface area contributed by atoms with Crippen molar-refractivity contribution in [3.8, 4) is 5.75 Å². The fourth-order valence-electron chi connectivity index (χ4n) is 1.87. The summed E-state index contributed by atoms with van der Waals surface area (Å²) in [6, 6.07) is 6.14. The second kappa shape index (κ2) is 10.9. The summed E-state index contributed by atoms with van der Waals surface area (Å²) < 4.78 is 15.6. The minimum Gasteiger partial charge on any atom is -0.493 e. The van der Waals surface area contributed by atoms with Crippen molar-refractivity contribution >= 4 is 23.5 Å². The average Bonchev–Trinajstić information content (AvgIpc) is 2.54. The molecule has 1 atom stereocenters. The predicted molar refractivity (Wildman–Crippen MR) is 91.2 cm³/mol. The molecule has 0 spiro atoms. The number of hydrogen-bond donors (Lipinski definition) is 1. The normalized spacial score (nSPS) is 11.9. The van der Waals surface area contributed by atoms with Crippen LogP contribution in [0.5, 0.6) is 5.75 Å². The van der Waals surface area contributed by atoms with Crippen LogP contribution in [0.4, 0.5) is 0 Å². The summed E-state index contributed by atoms with van der Waals surface area (Å²) in [4.78, 5) is 23.7. The van der Waals surface area contributed by atoms with Gasteiger partial charge in [-0.05, 0) is 38.1 Å². The zero-order valence-corrected chi connectivity index (χ0v) is 15.0. The predicted octanol–water partition coefficient (Wildman–Crippen LogP) is 2.58. The van der Waals surface area contributed by atoms with Gasteiger partial charge >= 0.3 is 5.97 Å². The fourth-order valence-corrected chi connectivity index (χ4v) is 2.00. The highest BCUT2D eigenvalue weighted by molar-refractivity contribution is 6.30. The summed E-state index contributed by atoms with van der Waals surface area (Å²) in [6.45, 7) is 4.36. The van der Waals surface area contributed by atoms with Gasteiger partial charge in [0.05, 0.1) is 26.2 Å². The van der Waals surface area contributed by atoms with E-state index >= 15 is 0 Å². The molecule has 1 amide bonds. The third-order valence-corrected chi connectivity index (χ3v) is 3.34. The second-order valence-corrected chi connectivity index (χ2v) is 5.84. The van der Waals surface area contributed by atoms with Gasteiger partial charge in [-0.25, -0.2) is 4.79 Å². The molecular weight excluding hydrogens is 334 g/mol. The monoisotopic (exact) mass is 357 g/mol. The number of ether oxygens (including phenoxy) is 3. The van der Waals surface area contributed by atoms with E-state index in [4.69, 9.17) is 25.8 Å². The number of esters is 1. The van der Waals surface area contributed by atoms with Crippen molar-refractivity contribution in [3.63, 3.8) is 0 Å². The smallest absolute Gasteiger partial charge is 0.328 e. The van der Waals surface area contributed by atoms with E-state index in [2.05, 4.69) is 5.32 Å². The molecule has 0 aliphatic heterocycles. The zero-order valence-electron chi connectivity index (χ0n) is 14.2. The number of hydrogen-bond acceptors (Lipinski definition) is 5. The van der Waals surface area contributed by atoms with Crippen LogP contribution in [0.2, 0.25) is 5.02 Å². The molecule has 0 saturated carbocycles. The van der Waals surface area contributed by atoms with Gasteiger partial charge in [-0.15, -0.1) is 0 Å². The molecular formula is C17H24ClNO5. The van der Waals surface area contributed by atoms with Gasteiger partial charge in [-0.3, -0.25) is 4.79 Å². The first-order chi connectivity index (χ1) is 11.4. The lowest BCUT2D eigenvalue weighted by atomic mass is 10.2. The summed E-state index contributed by atoms with van der Waals surface area (Å²) in [7, 11) is 1.29. The molecule has 24 heavy (non-hydrogen) atoms. The van der Waals surface area contributed by atoms with E-state index in [1.807, 2.05) is 13.8 Å². The van der Waals surface area contributed by atoms with Gasteiger partial charge in [0.15, 0.2) is 0 Å². The first kappa shape index (κ1) is 20.3. The van der Waals surface area contributed by atoms with Gasteiger partial charge in [-0.2, -0.15) is 0 Å². The maximum absolute atomic E-state index is 12.0. The third-order valence-electron chi connectivity index (χ3n) is 3.09.